The highest BCUT2D eigenvalue weighted by Gasteiger charge is 2.08. The summed E-state index contributed by atoms with van der Waals surface area (Å²) in [6.07, 6.45) is -0.389. The summed E-state index contributed by atoms with van der Waals surface area (Å²) >= 11 is 15.5. The van der Waals surface area contributed by atoms with Gasteiger partial charge in [-0.1, -0.05) is 45.2 Å². The fourth-order valence-corrected chi connectivity index (χ4v) is 2.91. The maximum absolute atomic E-state index is 9.33. The Labute approximate surface area is 154 Å². The van der Waals surface area contributed by atoms with E-state index < -0.39 is 0 Å². The van der Waals surface area contributed by atoms with Gasteiger partial charge in [0, 0.05) is 38.7 Å². The van der Waals surface area contributed by atoms with E-state index in [4.69, 9.17) is 27.9 Å². The molecule has 2 rings (SSSR count). The first kappa shape index (κ1) is 18.6. The summed E-state index contributed by atoms with van der Waals surface area (Å²) in [6.45, 7) is 3.23. The third kappa shape index (κ3) is 5.98. The van der Waals surface area contributed by atoms with Crippen molar-refractivity contribution in [2.24, 2.45) is 0 Å². The number of aliphatic hydroxyl groups is 1. The molecule has 1 unspecified atom stereocenters. The predicted octanol–water partition coefficient (Wildman–Crippen LogP) is 4.81. The van der Waals surface area contributed by atoms with Crippen LogP contribution in [0, 0.1) is 0 Å². The van der Waals surface area contributed by atoms with Crippen molar-refractivity contribution in [2.45, 2.75) is 26.2 Å². The van der Waals surface area contributed by atoms with Crippen molar-refractivity contribution in [1.82, 2.24) is 5.32 Å². The topological polar surface area (TPSA) is 41.5 Å². The average Bonchev–Trinajstić information content (AvgIpc) is 2.47. The molecule has 2 aromatic rings. The van der Waals surface area contributed by atoms with Crippen LogP contribution in [0.25, 0.3) is 0 Å². The summed E-state index contributed by atoms with van der Waals surface area (Å²) in [5.74, 6) is 0.775. The lowest BCUT2D eigenvalue weighted by atomic mass is 10.2. The first-order chi connectivity index (χ1) is 11.0. The van der Waals surface area contributed by atoms with Crippen LogP contribution in [-0.4, -0.2) is 17.8 Å². The number of halogens is 3. The van der Waals surface area contributed by atoms with Crippen LogP contribution < -0.4 is 10.1 Å². The van der Waals surface area contributed by atoms with Gasteiger partial charge < -0.3 is 15.2 Å². The van der Waals surface area contributed by atoms with E-state index in [2.05, 4.69) is 21.2 Å². The molecule has 0 bridgehead atoms. The second-order valence-corrected chi connectivity index (χ2v) is 7.02. The molecule has 0 saturated carbocycles. The maximum Gasteiger partial charge on any atom is 0.124 e. The zero-order chi connectivity index (χ0) is 16.8. The minimum Gasteiger partial charge on any atom is -0.489 e. The van der Waals surface area contributed by atoms with Gasteiger partial charge in [-0.25, -0.2) is 0 Å². The van der Waals surface area contributed by atoms with E-state index in [0.717, 1.165) is 21.3 Å². The Hall–Kier alpha value is -0.780. The standard InChI is InChI=1S/C17H18BrCl2NO2/c1-11(22)8-21-9-13-6-14(18)3-5-17(13)23-10-12-2-4-15(19)7-16(12)20/h2-7,11,21-22H,8-10H2,1H3. The lowest BCUT2D eigenvalue weighted by Gasteiger charge is -2.14. The molecule has 0 aliphatic rings. The summed E-state index contributed by atoms with van der Waals surface area (Å²) in [5.41, 5.74) is 1.88. The SMILES string of the molecule is CC(O)CNCc1cc(Br)ccc1OCc1ccc(Cl)cc1Cl. The normalized spacial score (nSPS) is 12.2. The quantitative estimate of drug-likeness (QED) is 0.678. The highest BCUT2D eigenvalue weighted by atomic mass is 79.9. The van der Waals surface area contributed by atoms with Gasteiger partial charge >= 0.3 is 0 Å². The number of benzene rings is 2. The number of rotatable bonds is 7. The van der Waals surface area contributed by atoms with E-state index in [1.807, 2.05) is 24.3 Å². The molecule has 23 heavy (non-hydrogen) atoms. The molecule has 3 nitrogen and oxygen atoms in total. The first-order valence-corrected chi connectivity index (χ1v) is 8.74. The molecule has 0 fully saturated rings. The van der Waals surface area contributed by atoms with Crippen molar-refractivity contribution >= 4 is 39.1 Å². The number of hydrogen-bond acceptors (Lipinski definition) is 3. The molecule has 1 atom stereocenters. The van der Waals surface area contributed by atoms with Crippen molar-refractivity contribution < 1.29 is 9.84 Å². The molecule has 0 radical (unpaired) electrons. The van der Waals surface area contributed by atoms with Crippen molar-refractivity contribution in [3.63, 3.8) is 0 Å². The Kier molecular flexibility index (Phi) is 7.18. The van der Waals surface area contributed by atoms with Gasteiger partial charge in [0.2, 0.25) is 0 Å². The van der Waals surface area contributed by atoms with Crippen LogP contribution >= 0.6 is 39.1 Å². The van der Waals surface area contributed by atoms with Crippen LogP contribution in [0.15, 0.2) is 40.9 Å². The Morgan fingerprint density at radius 3 is 2.65 bits per heavy atom. The monoisotopic (exact) mass is 417 g/mol. The van der Waals surface area contributed by atoms with Crippen LogP contribution in [0.1, 0.15) is 18.1 Å². The minimum atomic E-state index is -0.389. The van der Waals surface area contributed by atoms with Crippen molar-refractivity contribution in [2.75, 3.05) is 6.54 Å². The molecule has 0 heterocycles. The smallest absolute Gasteiger partial charge is 0.124 e. The fraction of sp³-hybridized carbons (Fsp3) is 0.294. The highest BCUT2D eigenvalue weighted by Crippen LogP contribution is 2.26. The Bertz CT molecular complexity index is 665. The second kappa shape index (κ2) is 8.90. The van der Waals surface area contributed by atoms with Crippen LogP contribution in [0.5, 0.6) is 5.75 Å². The van der Waals surface area contributed by atoms with Gasteiger partial charge in [0.25, 0.3) is 0 Å². The van der Waals surface area contributed by atoms with E-state index >= 15 is 0 Å². The van der Waals surface area contributed by atoms with Crippen molar-refractivity contribution in [3.05, 3.63) is 62.0 Å². The zero-order valence-electron chi connectivity index (χ0n) is 12.7. The largest absolute Gasteiger partial charge is 0.489 e. The molecule has 0 aliphatic heterocycles. The van der Waals surface area contributed by atoms with Crippen LogP contribution in [0.4, 0.5) is 0 Å². The molecule has 0 aliphatic carbocycles. The fourth-order valence-electron chi connectivity index (χ4n) is 2.04. The summed E-state index contributed by atoms with van der Waals surface area (Å²) < 4.78 is 6.88. The van der Waals surface area contributed by atoms with Gasteiger partial charge in [-0.05, 0) is 37.3 Å². The molecule has 0 amide bonds. The van der Waals surface area contributed by atoms with Gasteiger partial charge in [0.15, 0.2) is 0 Å². The molecule has 2 aromatic carbocycles. The van der Waals surface area contributed by atoms with Crippen LogP contribution in [0.3, 0.4) is 0 Å². The first-order valence-electron chi connectivity index (χ1n) is 7.19. The number of nitrogens with one attached hydrogen (secondary N) is 1. The summed E-state index contributed by atoms with van der Waals surface area (Å²) in [6, 6.07) is 11.2. The van der Waals surface area contributed by atoms with Gasteiger partial charge in [-0.15, -0.1) is 0 Å². The number of ether oxygens (including phenoxy) is 1. The number of hydrogen-bond donors (Lipinski definition) is 2. The van der Waals surface area contributed by atoms with E-state index in [1.165, 1.54) is 0 Å². The van der Waals surface area contributed by atoms with E-state index in [1.54, 1.807) is 19.1 Å². The van der Waals surface area contributed by atoms with Gasteiger partial charge in [0.05, 0.1) is 6.10 Å². The van der Waals surface area contributed by atoms with Crippen LogP contribution in [0.2, 0.25) is 10.0 Å². The van der Waals surface area contributed by atoms with Crippen molar-refractivity contribution in [1.29, 1.82) is 0 Å². The Morgan fingerprint density at radius 2 is 1.96 bits per heavy atom. The summed E-state index contributed by atoms with van der Waals surface area (Å²) in [7, 11) is 0. The molecule has 0 spiro atoms. The maximum atomic E-state index is 9.33. The molecule has 0 saturated heterocycles. The predicted molar refractivity (Wildman–Crippen MR) is 98.3 cm³/mol. The lowest BCUT2D eigenvalue weighted by Crippen LogP contribution is -2.24. The third-order valence-electron chi connectivity index (χ3n) is 3.18. The zero-order valence-corrected chi connectivity index (χ0v) is 15.7. The average molecular weight is 419 g/mol. The van der Waals surface area contributed by atoms with Gasteiger partial charge in [0.1, 0.15) is 12.4 Å². The van der Waals surface area contributed by atoms with E-state index in [0.29, 0.717) is 29.7 Å². The summed E-state index contributed by atoms with van der Waals surface area (Å²) in [4.78, 5) is 0. The third-order valence-corrected chi connectivity index (χ3v) is 4.26. The molecule has 124 valence electrons. The van der Waals surface area contributed by atoms with Crippen molar-refractivity contribution in [3.8, 4) is 5.75 Å². The van der Waals surface area contributed by atoms with E-state index in [9.17, 15) is 5.11 Å². The van der Waals surface area contributed by atoms with Gasteiger partial charge in [-0.2, -0.15) is 0 Å². The lowest BCUT2D eigenvalue weighted by molar-refractivity contribution is 0.190. The summed E-state index contributed by atoms with van der Waals surface area (Å²) in [5, 5.41) is 13.7. The molecular weight excluding hydrogens is 401 g/mol. The molecule has 0 aromatic heterocycles. The molecule has 6 heteroatoms. The highest BCUT2D eigenvalue weighted by molar-refractivity contribution is 9.10. The van der Waals surface area contributed by atoms with Crippen LogP contribution in [-0.2, 0) is 13.2 Å². The van der Waals surface area contributed by atoms with Gasteiger partial charge in [-0.3, -0.25) is 0 Å². The number of aliphatic hydroxyl groups excluding tert-OH is 1. The van der Waals surface area contributed by atoms with E-state index in [-0.39, 0.29) is 6.10 Å². The Morgan fingerprint density at radius 1 is 1.17 bits per heavy atom. The minimum absolute atomic E-state index is 0.362. The second-order valence-electron chi connectivity index (χ2n) is 5.26. The Balaban J connectivity index is 2.06. The molecule has 2 N–H and O–H groups in total. The molecular formula is C17H18BrCl2NO2.